The first-order valence-corrected chi connectivity index (χ1v) is 8.41. The van der Waals surface area contributed by atoms with Gasteiger partial charge in [-0.2, -0.15) is 0 Å². The van der Waals surface area contributed by atoms with E-state index in [-0.39, 0.29) is 11.0 Å². The second-order valence-electron chi connectivity index (χ2n) is 6.13. The number of pyridine rings is 2. The average molecular weight is 351 g/mol. The molecule has 0 radical (unpaired) electrons. The normalized spacial score (nSPS) is 10.8. The minimum atomic E-state index is -0.629. The van der Waals surface area contributed by atoms with Crippen LogP contribution in [0, 0.1) is 13.8 Å². The van der Waals surface area contributed by atoms with Gasteiger partial charge in [0.25, 0.3) is 0 Å². The Balaban J connectivity index is 2.23. The maximum absolute atomic E-state index is 12.9. The summed E-state index contributed by atoms with van der Waals surface area (Å²) in [5, 5.41) is 3.73. The van der Waals surface area contributed by atoms with Gasteiger partial charge in [-0.15, -0.1) is 0 Å². The number of rotatable bonds is 4. The van der Waals surface area contributed by atoms with E-state index in [1.165, 1.54) is 7.11 Å². The maximum atomic E-state index is 12.9. The van der Waals surface area contributed by atoms with Crippen molar-refractivity contribution in [2.24, 2.45) is 0 Å². The average Bonchev–Trinajstić information content (AvgIpc) is 2.64. The van der Waals surface area contributed by atoms with Gasteiger partial charge in [-0.25, -0.2) is 9.78 Å². The first-order chi connectivity index (χ1) is 12.5. The number of hydrogen-bond donors (Lipinski definition) is 1. The summed E-state index contributed by atoms with van der Waals surface area (Å²) in [6.45, 7) is 6.51. The van der Waals surface area contributed by atoms with Crippen LogP contribution in [0.5, 0.6) is 0 Å². The SMILES string of the molecule is CCn1cc(C(=O)OC)c(=O)c2cc(Nc3ncccc3C)cc(C)c21. The number of aryl methyl sites for hydroxylation is 3. The van der Waals surface area contributed by atoms with E-state index < -0.39 is 5.97 Å². The molecule has 0 spiro atoms. The molecule has 0 aliphatic rings. The summed E-state index contributed by atoms with van der Waals surface area (Å²) in [5.41, 5.74) is 3.20. The predicted octanol–water partition coefficient (Wildman–Crippen LogP) is 3.56. The zero-order valence-corrected chi connectivity index (χ0v) is 15.3. The molecular formula is C20H21N3O3. The van der Waals surface area contributed by atoms with Gasteiger partial charge in [0, 0.05) is 30.0 Å². The molecule has 3 aromatic rings. The Morgan fingerprint density at radius 3 is 2.69 bits per heavy atom. The van der Waals surface area contributed by atoms with Gasteiger partial charge in [0.2, 0.25) is 5.43 Å². The molecule has 1 aromatic carbocycles. The van der Waals surface area contributed by atoms with Crippen molar-refractivity contribution >= 4 is 28.4 Å². The molecule has 3 rings (SSSR count). The number of esters is 1. The number of anilines is 2. The highest BCUT2D eigenvalue weighted by Gasteiger charge is 2.17. The van der Waals surface area contributed by atoms with Crippen molar-refractivity contribution in [3.05, 3.63) is 63.6 Å². The van der Waals surface area contributed by atoms with Crippen molar-refractivity contribution in [1.29, 1.82) is 0 Å². The number of carbonyl (C=O) groups excluding carboxylic acids is 1. The molecule has 0 saturated carbocycles. The van der Waals surface area contributed by atoms with Crippen molar-refractivity contribution in [2.75, 3.05) is 12.4 Å². The molecule has 26 heavy (non-hydrogen) atoms. The molecule has 2 aromatic heterocycles. The zero-order chi connectivity index (χ0) is 18.8. The summed E-state index contributed by atoms with van der Waals surface area (Å²) in [6.07, 6.45) is 3.28. The van der Waals surface area contributed by atoms with Crippen LogP contribution in [0.15, 0.2) is 41.5 Å². The number of nitrogens with zero attached hydrogens (tertiary/aromatic N) is 2. The number of methoxy groups -OCH3 is 1. The van der Waals surface area contributed by atoms with Gasteiger partial charge in [0.15, 0.2) is 0 Å². The Labute approximate surface area is 151 Å². The van der Waals surface area contributed by atoms with Crippen molar-refractivity contribution in [3.8, 4) is 0 Å². The molecule has 0 bridgehead atoms. The zero-order valence-electron chi connectivity index (χ0n) is 15.3. The summed E-state index contributed by atoms with van der Waals surface area (Å²) < 4.78 is 6.66. The fourth-order valence-electron chi connectivity index (χ4n) is 3.09. The van der Waals surface area contributed by atoms with Crippen LogP contribution in [0.2, 0.25) is 0 Å². The smallest absolute Gasteiger partial charge is 0.343 e. The van der Waals surface area contributed by atoms with Gasteiger partial charge in [-0.1, -0.05) is 6.07 Å². The first-order valence-electron chi connectivity index (χ1n) is 8.41. The highest BCUT2D eigenvalue weighted by atomic mass is 16.5. The molecule has 1 N–H and O–H groups in total. The number of hydrogen-bond acceptors (Lipinski definition) is 5. The van der Waals surface area contributed by atoms with E-state index in [9.17, 15) is 9.59 Å². The quantitative estimate of drug-likeness (QED) is 0.728. The number of benzene rings is 1. The van der Waals surface area contributed by atoms with E-state index in [0.717, 1.165) is 28.1 Å². The highest BCUT2D eigenvalue weighted by Crippen LogP contribution is 2.25. The van der Waals surface area contributed by atoms with Crippen LogP contribution >= 0.6 is 0 Å². The van der Waals surface area contributed by atoms with Crippen LogP contribution in [-0.4, -0.2) is 22.6 Å². The number of ether oxygens (including phenoxy) is 1. The van der Waals surface area contributed by atoms with Gasteiger partial charge >= 0.3 is 5.97 Å². The lowest BCUT2D eigenvalue weighted by Gasteiger charge is -2.15. The number of aromatic nitrogens is 2. The Bertz CT molecular complexity index is 1050. The van der Waals surface area contributed by atoms with Crippen LogP contribution < -0.4 is 10.7 Å². The van der Waals surface area contributed by atoms with E-state index in [0.29, 0.717) is 11.9 Å². The number of fused-ring (bicyclic) bond motifs is 1. The Hall–Kier alpha value is -3.15. The lowest BCUT2D eigenvalue weighted by atomic mass is 10.1. The van der Waals surface area contributed by atoms with E-state index >= 15 is 0 Å². The lowest BCUT2D eigenvalue weighted by molar-refractivity contribution is 0.0598. The fourth-order valence-corrected chi connectivity index (χ4v) is 3.09. The van der Waals surface area contributed by atoms with Crippen LogP contribution in [0.1, 0.15) is 28.4 Å². The molecule has 6 nitrogen and oxygen atoms in total. The van der Waals surface area contributed by atoms with Crippen LogP contribution in [0.3, 0.4) is 0 Å². The van der Waals surface area contributed by atoms with Gasteiger partial charge in [-0.3, -0.25) is 4.79 Å². The third kappa shape index (κ3) is 3.06. The molecule has 0 saturated heterocycles. The summed E-state index contributed by atoms with van der Waals surface area (Å²) in [6, 6.07) is 7.56. The molecule has 0 aliphatic carbocycles. The molecule has 0 fully saturated rings. The Morgan fingerprint density at radius 1 is 1.27 bits per heavy atom. The van der Waals surface area contributed by atoms with E-state index in [4.69, 9.17) is 4.74 Å². The Kier molecular flexibility index (Phi) is 4.75. The highest BCUT2D eigenvalue weighted by molar-refractivity contribution is 5.95. The summed E-state index contributed by atoms with van der Waals surface area (Å²) in [4.78, 5) is 29.2. The second kappa shape index (κ2) is 7.00. The van der Waals surface area contributed by atoms with Crippen LogP contribution in [0.4, 0.5) is 11.5 Å². The lowest BCUT2D eigenvalue weighted by Crippen LogP contribution is -2.20. The van der Waals surface area contributed by atoms with Crippen LogP contribution in [0.25, 0.3) is 10.9 Å². The van der Waals surface area contributed by atoms with Crippen molar-refractivity contribution in [1.82, 2.24) is 9.55 Å². The molecule has 0 amide bonds. The molecule has 0 aliphatic heterocycles. The van der Waals surface area contributed by atoms with E-state index in [2.05, 4.69) is 10.3 Å². The predicted molar refractivity (Wildman–Crippen MR) is 102 cm³/mol. The standard InChI is InChI=1S/C20H21N3O3/c1-5-23-11-16(20(25)26-4)18(24)15-10-14(9-13(3)17(15)23)22-19-12(2)7-6-8-21-19/h6-11H,5H2,1-4H3,(H,21,22). The number of nitrogens with one attached hydrogen (secondary N) is 1. The van der Waals surface area contributed by atoms with Gasteiger partial charge in [0.05, 0.1) is 12.6 Å². The largest absolute Gasteiger partial charge is 0.465 e. The minimum absolute atomic E-state index is 0.0346. The summed E-state index contributed by atoms with van der Waals surface area (Å²) in [7, 11) is 1.27. The monoisotopic (exact) mass is 351 g/mol. The maximum Gasteiger partial charge on any atom is 0.343 e. The first kappa shape index (κ1) is 17.7. The summed E-state index contributed by atoms with van der Waals surface area (Å²) in [5.74, 6) is 0.0990. The number of carbonyl (C=O) groups is 1. The van der Waals surface area contributed by atoms with Crippen molar-refractivity contribution in [3.63, 3.8) is 0 Å². The molecule has 134 valence electrons. The minimum Gasteiger partial charge on any atom is -0.465 e. The van der Waals surface area contributed by atoms with Crippen molar-refractivity contribution in [2.45, 2.75) is 27.3 Å². The topological polar surface area (TPSA) is 73.2 Å². The van der Waals surface area contributed by atoms with Gasteiger partial charge < -0.3 is 14.6 Å². The summed E-state index contributed by atoms with van der Waals surface area (Å²) >= 11 is 0. The third-order valence-electron chi connectivity index (χ3n) is 4.38. The van der Waals surface area contributed by atoms with Crippen LogP contribution in [-0.2, 0) is 11.3 Å². The second-order valence-corrected chi connectivity index (χ2v) is 6.13. The molecule has 2 heterocycles. The van der Waals surface area contributed by atoms with E-state index in [1.807, 2.05) is 43.5 Å². The molecule has 6 heteroatoms. The third-order valence-corrected chi connectivity index (χ3v) is 4.38. The van der Waals surface area contributed by atoms with Gasteiger partial charge in [-0.05, 0) is 50.1 Å². The Morgan fingerprint density at radius 2 is 2.04 bits per heavy atom. The fraction of sp³-hybridized carbons (Fsp3) is 0.250. The van der Waals surface area contributed by atoms with Gasteiger partial charge in [0.1, 0.15) is 11.4 Å². The molecule has 0 unspecified atom stereocenters. The van der Waals surface area contributed by atoms with Crippen molar-refractivity contribution < 1.29 is 9.53 Å². The molecular weight excluding hydrogens is 330 g/mol. The molecule has 0 atom stereocenters. The van der Waals surface area contributed by atoms with E-state index in [1.54, 1.807) is 18.5 Å².